The highest BCUT2D eigenvalue weighted by molar-refractivity contribution is 6.00. The maximum absolute atomic E-state index is 13.6. The van der Waals surface area contributed by atoms with Crippen molar-refractivity contribution in [1.29, 1.82) is 0 Å². The molecule has 10 nitrogen and oxygen atoms in total. The fourth-order valence-electron chi connectivity index (χ4n) is 3.77. The van der Waals surface area contributed by atoms with Crippen molar-refractivity contribution in [3.8, 4) is 0 Å². The first-order valence-corrected chi connectivity index (χ1v) is 12.1. The smallest absolute Gasteiger partial charge is 0.404 e. The number of halogens is 3. The predicted molar refractivity (Wildman–Crippen MR) is 139 cm³/mol. The van der Waals surface area contributed by atoms with Gasteiger partial charge in [-0.3, -0.25) is 4.99 Å². The number of hydrogen-bond acceptors (Lipinski definition) is 8. The van der Waals surface area contributed by atoms with Crippen LogP contribution in [0.15, 0.2) is 47.4 Å². The van der Waals surface area contributed by atoms with E-state index in [0.717, 1.165) is 56.6 Å². The summed E-state index contributed by atoms with van der Waals surface area (Å²) in [5.41, 5.74) is 7.01. The number of nitrogens with one attached hydrogen (secondary N) is 2. The molecule has 37 heavy (non-hydrogen) atoms. The fourth-order valence-corrected chi connectivity index (χ4v) is 3.77. The van der Waals surface area contributed by atoms with Crippen LogP contribution in [0.25, 0.3) is 0 Å². The first-order chi connectivity index (χ1) is 17.3. The quantitative estimate of drug-likeness (QED) is 0.0978. The first kappa shape index (κ1) is 30.4. The molecule has 0 radical (unpaired) electrons. The van der Waals surface area contributed by atoms with E-state index in [0.29, 0.717) is 6.20 Å². The second-order valence-electron chi connectivity index (χ2n) is 9.13. The molecule has 0 spiro atoms. The molecule has 0 aliphatic carbocycles. The minimum atomic E-state index is -4.73. The number of amidine groups is 1. The fraction of sp³-hybridized carbons (Fsp3) is 0.542. The summed E-state index contributed by atoms with van der Waals surface area (Å²) in [6, 6.07) is 5.97. The maximum Gasteiger partial charge on any atom is 0.421 e. The second-order valence-corrected chi connectivity index (χ2v) is 9.13. The number of quaternary nitrogens is 1. The average molecular weight is 530 g/mol. The lowest BCUT2D eigenvalue weighted by atomic mass is 10.1. The van der Waals surface area contributed by atoms with Crippen LogP contribution in [0.1, 0.15) is 18.9 Å². The van der Waals surface area contributed by atoms with Crippen LogP contribution in [0.4, 0.5) is 24.5 Å². The van der Waals surface area contributed by atoms with E-state index in [1.165, 1.54) is 12.1 Å². The van der Waals surface area contributed by atoms with Crippen LogP contribution in [-0.4, -0.2) is 97.7 Å². The van der Waals surface area contributed by atoms with Crippen molar-refractivity contribution in [2.45, 2.75) is 25.9 Å². The van der Waals surface area contributed by atoms with Crippen LogP contribution in [0, 0.1) is 0 Å². The minimum Gasteiger partial charge on any atom is -0.404 e. The molecule has 1 aromatic rings. The summed E-state index contributed by atoms with van der Waals surface area (Å²) in [6.45, 7) is 9.82. The Morgan fingerprint density at radius 1 is 1.27 bits per heavy atom. The van der Waals surface area contributed by atoms with Crippen molar-refractivity contribution in [1.82, 2.24) is 15.2 Å². The SMILES string of the molecule is C=C(NC(=NCCCN(C)[N+](C)(O)O)/C(=C\N)C(F)(F)F)Nc1ccc(N2CCN(C)CC2)cc1CC. The lowest BCUT2D eigenvalue weighted by Gasteiger charge is -2.34. The highest BCUT2D eigenvalue weighted by Gasteiger charge is 2.37. The Morgan fingerprint density at radius 3 is 2.46 bits per heavy atom. The Morgan fingerprint density at radius 2 is 1.92 bits per heavy atom. The Kier molecular flexibility index (Phi) is 10.8. The van der Waals surface area contributed by atoms with Crippen molar-refractivity contribution < 1.29 is 28.5 Å². The van der Waals surface area contributed by atoms with Crippen LogP contribution < -0.4 is 21.3 Å². The van der Waals surface area contributed by atoms with Gasteiger partial charge in [0.25, 0.3) is 0 Å². The van der Waals surface area contributed by atoms with Gasteiger partial charge in [-0.1, -0.05) is 18.5 Å². The summed E-state index contributed by atoms with van der Waals surface area (Å²) < 4.78 is 40.8. The summed E-state index contributed by atoms with van der Waals surface area (Å²) in [7, 11) is 4.68. The number of nitrogens with zero attached hydrogens (tertiary/aromatic N) is 5. The molecule has 0 bridgehead atoms. The Hall–Kier alpha value is -2.84. The van der Waals surface area contributed by atoms with Crippen molar-refractivity contribution in [2.24, 2.45) is 10.7 Å². The molecular weight excluding hydrogens is 489 g/mol. The summed E-state index contributed by atoms with van der Waals surface area (Å²) >= 11 is 0. The van der Waals surface area contributed by atoms with Gasteiger partial charge < -0.3 is 26.2 Å². The predicted octanol–water partition coefficient (Wildman–Crippen LogP) is 2.74. The number of alkyl halides is 3. The third-order valence-corrected chi connectivity index (χ3v) is 6.18. The first-order valence-electron chi connectivity index (χ1n) is 12.1. The van der Waals surface area contributed by atoms with E-state index < -0.39 is 22.5 Å². The van der Waals surface area contributed by atoms with E-state index in [2.05, 4.69) is 45.1 Å². The second kappa shape index (κ2) is 13.1. The number of anilines is 2. The van der Waals surface area contributed by atoms with Gasteiger partial charge in [-0.15, -0.1) is 0 Å². The highest BCUT2D eigenvalue weighted by Crippen LogP contribution is 2.27. The summed E-state index contributed by atoms with van der Waals surface area (Å²) in [5.74, 6) is -0.371. The van der Waals surface area contributed by atoms with Gasteiger partial charge in [0.05, 0.1) is 6.54 Å². The molecular formula is C24H40F3N8O2+. The highest BCUT2D eigenvalue weighted by atomic mass is 19.4. The lowest BCUT2D eigenvalue weighted by Crippen LogP contribution is -2.50. The summed E-state index contributed by atoms with van der Waals surface area (Å²) in [6.07, 6.45) is -3.29. The summed E-state index contributed by atoms with van der Waals surface area (Å²) in [5, 5.41) is 25.9. The zero-order chi connectivity index (χ0) is 27.8. The Balaban J connectivity index is 2.14. The van der Waals surface area contributed by atoms with Crippen molar-refractivity contribution in [3.63, 3.8) is 0 Å². The van der Waals surface area contributed by atoms with E-state index in [1.807, 2.05) is 19.1 Å². The molecule has 1 aliphatic rings. The molecule has 0 unspecified atom stereocenters. The summed E-state index contributed by atoms with van der Waals surface area (Å²) in [4.78, 5) is 7.25. The van der Waals surface area contributed by atoms with E-state index in [1.54, 1.807) is 0 Å². The van der Waals surface area contributed by atoms with Crippen LogP contribution >= 0.6 is 0 Å². The van der Waals surface area contributed by atoms with Gasteiger partial charge in [0, 0.05) is 62.3 Å². The maximum atomic E-state index is 13.6. The Labute approximate surface area is 216 Å². The molecule has 13 heteroatoms. The van der Waals surface area contributed by atoms with Gasteiger partial charge in [0.2, 0.25) is 0 Å². The van der Waals surface area contributed by atoms with Crippen molar-refractivity contribution in [2.75, 3.05) is 70.6 Å². The molecule has 1 aliphatic heterocycles. The largest absolute Gasteiger partial charge is 0.421 e. The number of benzene rings is 1. The number of aliphatic imine (C=N–C) groups is 1. The third-order valence-electron chi connectivity index (χ3n) is 6.18. The van der Waals surface area contributed by atoms with E-state index in [4.69, 9.17) is 5.73 Å². The van der Waals surface area contributed by atoms with Gasteiger partial charge in [0.15, 0.2) is 7.05 Å². The number of aryl methyl sites for hydroxylation is 1. The topological polar surface area (TPSA) is 113 Å². The molecule has 1 fully saturated rings. The number of piperazine rings is 1. The van der Waals surface area contributed by atoms with E-state index >= 15 is 0 Å². The van der Waals surface area contributed by atoms with Crippen LogP contribution in [0.5, 0.6) is 0 Å². The standard InChI is InChI=1S/C24H40F3N8O2/c1-6-19-16-20(34-14-12-32(3)13-15-34)8-9-22(19)30-18(2)31-23(21(17-28)24(25,26)27)29-10-7-11-33(4)35(5,36)37/h8-9,16-17,30,36-37H,2,6-7,10-15,28H2,1,3-5H3,(H,29,31)/q+1/b21-17+. The zero-order valence-corrected chi connectivity index (χ0v) is 22.0. The average Bonchev–Trinajstić information content (AvgIpc) is 2.81. The van der Waals surface area contributed by atoms with Crippen LogP contribution in [0.2, 0.25) is 0 Å². The zero-order valence-electron chi connectivity index (χ0n) is 22.0. The lowest BCUT2D eigenvalue weighted by molar-refractivity contribution is -1.30. The molecule has 208 valence electrons. The van der Waals surface area contributed by atoms with E-state index in [9.17, 15) is 23.6 Å². The molecule has 6 N–H and O–H groups in total. The minimum absolute atomic E-state index is 0.0205. The van der Waals surface area contributed by atoms with Crippen LogP contribution in [-0.2, 0) is 6.42 Å². The van der Waals surface area contributed by atoms with Gasteiger partial charge in [-0.2, -0.15) is 23.6 Å². The molecule has 0 aromatic heterocycles. The number of likely N-dealkylation sites (N-methyl/N-ethyl adjacent to an activating group) is 1. The number of hydroxylamine groups is 2. The van der Waals surface area contributed by atoms with Gasteiger partial charge >= 0.3 is 6.18 Å². The number of rotatable bonds is 11. The number of hydrogen-bond donors (Lipinski definition) is 5. The molecule has 1 aromatic carbocycles. The molecule has 0 amide bonds. The molecule has 2 rings (SSSR count). The molecule has 1 saturated heterocycles. The van der Waals surface area contributed by atoms with Gasteiger partial charge in [-0.25, -0.2) is 0 Å². The molecule has 1 heterocycles. The van der Waals surface area contributed by atoms with Gasteiger partial charge in [0.1, 0.15) is 17.2 Å². The Bertz CT molecular complexity index is 968. The molecule has 0 saturated carbocycles. The monoisotopic (exact) mass is 529 g/mol. The van der Waals surface area contributed by atoms with Gasteiger partial charge in [-0.05, 0) is 43.7 Å². The van der Waals surface area contributed by atoms with E-state index in [-0.39, 0.29) is 25.3 Å². The van der Waals surface area contributed by atoms with Crippen molar-refractivity contribution in [3.05, 3.63) is 47.9 Å². The molecule has 0 atom stereocenters. The normalized spacial score (nSPS) is 16.3. The van der Waals surface area contributed by atoms with Crippen molar-refractivity contribution >= 4 is 17.2 Å². The number of nitrogens with two attached hydrogens (primary N) is 1. The van der Waals surface area contributed by atoms with Crippen LogP contribution in [0.3, 0.4) is 0 Å². The third kappa shape index (κ3) is 9.20.